The van der Waals surface area contributed by atoms with Crippen LogP contribution in [-0.4, -0.2) is 34.6 Å². The molecule has 1 amide bonds. The number of hydrogen-bond acceptors (Lipinski definition) is 3. The Kier molecular flexibility index (Phi) is 7.93. The number of rotatable bonds is 5. The normalized spacial score (nSPS) is 14.7. The van der Waals surface area contributed by atoms with Crippen LogP contribution in [0.4, 0.5) is 5.69 Å². The molecule has 2 N–H and O–H groups in total. The maximum Gasteiger partial charge on any atom is 0.300 e. The van der Waals surface area contributed by atoms with Crippen LogP contribution in [0.5, 0.6) is 0 Å². The van der Waals surface area contributed by atoms with Crippen LogP contribution >= 0.6 is 11.6 Å². The van der Waals surface area contributed by atoms with Gasteiger partial charge in [0.25, 0.3) is 0 Å². The highest BCUT2D eigenvalue weighted by atomic mass is 35.5. The third-order valence-corrected chi connectivity index (χ3v) is 6.84. The van der Waals surface area contributed by atoms with Crippen molar-refractivity contribution in [2.45, 2.75) is 38.8 Å². The Morgan fingerprint density at radius 2 is 1.54 bits per heavy atom. The molecule has 0 radical (unpaired) electrons. The second-order valence-corrected chi connectivity index (χ2v) is 10.1. The zero-order valence-corrected chi connectivity index (χ0v) is 21.0. The molecule has 3 aromatic rings. The fraction of sp³-hybridized carbons (Fsp3) is 0.300. The van der Waals surface area contributed by atoms with Gasteiger partial charge in [0.05, 0.1) is 5.60 Å². The van der Waals surface area contributed by atoms with E-state index in [-0.39, 0.29) is 5.91 Å². The lowest BCUT2D eigenvalue weighted by molar-refractivity contribution is -0.111. The number of nitrogens with zero attached hydrogens (tertiary/aromatic N) is 1. The van der Waals surface area contributed by atoms with Gasteiger partial charge in [-0.25, -0.2) is 0 Å². The third kappa shape index (κ3) is 7.19. The summed E-state index contributed by atoms with van der Waals surface area (Å²) in [4.78, 5) is 14.7. The van der Waals surface area contributed by atoms with Crippen molar-refractivity contribution < 1.29 is 9.90 Å². The van der Waals surface area contributed by atoms with Gasteiger partial charge >= 0.3 is 5.91 Å². The number of benzene rings is 3. The van der Waals surface area contributed by atoms with Crippen LogP contribution in [0.15, 0.2) is 72.8 Å². The van der Waals surface area contributed by atoms with E-state index in [0.717, 1.165) is 49.2 Å². The maximum absolute atomic E-state index is 12.3. The van der Waals surface area contributed by atoms with Gasteiger partial charge in [-0.3, -0.25) is 9.69 Å². The Balaban J connectivity index is 1.27. The number of aliphatic hydroxyl groups is 1. The van der Waals surface area contributed by atoms with E-state index in [2.05, 4.69) is 34.2 Å². The second kappa shape index (κ2) is 11.1. The number of anilines is 1. The number of piperidine rings is 1. The molecule has 0 saturated carbocycles. The van der Waals surface area contributed by atoms with Crippen molar-refractivity contribution in [3.05, 3.63) is 88.9 Å². The van der Waals surface area contributed by atoms with Gasteiger partial charge in [0.15, 0.2) is 0 Å². The van der Waals surface area contributed by atoms with Crippen LogP contribution in [0, 0.1) is 17.8 Å². The average Bonchev–Trinajstić information content (AvgIpc) is 2.84. The molecule has 180 valence electrons. The van der Waals surface area contributed by atoms with Crippen molar-refractivity contribution in [1.29, 1.82) is 0 Å². The Morgan fingerprint density at radius 1 is 0.971 bits per heavy atom. The van der Waals surface area contributed by atoms with E-state index in [0.29, 0.717) is 16.6 Å². The van der Waals surface area contributed by atoms with Gasteiger partial charge in [0.2, 0.25) is 0 Å². The minimum Gasteiger partial charge on any atom is -0.390 e. The molecule has 0 aromatic heterocycles. The summed E-state index contributed by atoms with van der Waals surface area (Å²) < 4.78 is 0. The summed E-state index contributed by atoms with van der Waals surface area (Å²) >= 11 is 5.95. The number of halogens is 1. The molecule has 1 aliphatic heterocycles. The van der Waals surface area contributed by atoms with Crippen LogP contribution < -0.4 is 5.32 Å². The SMILES string of the molecule is CC(C)(O)C1CCN(Cc2ccc(C#CC(=O)Nc3ccc(-c4ccc(Cl)cc4)cc3)cc2)CC1. The van der Waals surface area contributed by atoms with Crippen molar-refractivity contribution >= 4 is 23.2 Å². The predicted octanol–water partition coefficient (Wildman–Crippen LogP) is 5.98. The fourth-order valence-electron chi connectivity index (χ4n) is 4.43. The first-order chi connectivity index (χ1) is 16.8. The van der Waals surface area contributed by atoms with Gasteiger partial charge in [0.1, 0.15) is 0 Å². The van der Waals surface area contributed by atoms with E-state index < -0.39 is 5.60 Å². The minimum absolute atomic E-state index is 0.344. The molecule has 1 fully saturated rings. The number of hydrogen-bond donors (Lipinski definition) is 2. The molecule has 0 spiro atoms. The molecule has 0 atom stereocenters. The van der Waals surface area contributed by atoms with Crippen molar-refractivity contribution in [3.8, 4) is 23.0 Å². The Morgan fingerprint density at radius 3 is 2.11 bits per heavy atom. The monoisotopic (exact) mass is 486 g/mol. The summed E-state index contributed by atoms with van der Waals surface area (Å²) in [7, 11) is 0. The Bertz CT molecular complexity index is 1190. The molecular weight excluding hydrogens is 456 g/mol. The molecule has 35 heavy (non-hydrogen) atoms. The number of likely N-dealkylation sites (tertiary alicyclic amines) is 1. The highest BCUT2D eigenvalue weighted by Crippen LogP contribution is 2.28. The summed E-state index contributed by atoms with van der Waals surface area (Å²) in [6.07, 6.45) is 2.04. The Labute approximate surface area is 212 Å². The zero-order valence-electron chi connectivity index (χ0n) is 20.2. The van der Waals surface area contributed by atoms with Crippen molar-refractivity contribution in [3.63, 3.8) is 0 Å². The highest BCUT2D eigenvalue weighted by Gasteiger charge is 2.30. The lowest BCUT2D eigenvalue weighted by Crippen LogP contribution is -2.41. The molecule has 4 rings (SSSR count). The topological polar surface area (TPSA) is 52.6 Å². The first-order valence-corrected chi connectivity index (χ1v) is 12.4. The van der Waals surface area contributed by atoms with Crippen LogP contribution in [0.25, 0.3) is 11.1 Å². The molecule has 1 aliphatic rings. The molecule has 4 nitrogen and oxygen atoms in total. The standard InChI is InChI=1S/C30H31ClN2O2/c1-30(2,35)26-17-19-33(20-18-26)21-23-5-3-22(4-6-23)7-16-29(34)32-28-14-10-25(11-15-28)24-8-12-27(31)13-9-24/h3-6,8-15,26,35H,17-21H2,1-2H3,(H,32,34). The van der Waals surface area contributed by atoms with Crippen molar-refractivity contribution in [1.82, 2.24) is 4.90 Å². The molecule has 0 unspecified atom stereocenters. The van der Waals surface area contributed by atoms with E-state index in [1.54, 1.807) is 0 Å². The number of carbonyl (C=O) groups excluding carboxylic acids is 1. The van der Waals surface area contributed by atoms with Crippen LogP contribution in [0.3, 0.4) is 0 Å². The van der Waals surface area contributed by atoms with Crippen LogP contribution in [0.2, 0.25) is 5.02 Å². The second-order valence-electron chi connectivity index (χ2n) is 9.69. The largest absolute Gasteiger partial charge is 0.390 e. The first kappa shape index (κ1) is 25.0. The zero-order chi connectivity index (χ0) is 24.8. The summed E-state index contributed by atoms with van der Waals surface area (Å²) in [5, 5.41) is 13.7. The smallest absolute Gasteiger partial charge is 0.300 e. The van der Waals surface area contributed by atoms with E-state index >= 15 is 0 Å². The molecule has 5 heteroatoms. The van der Waals surface area contributed by atoms with Gasteiger partial charge in [-0.05, 0) is 98.8 Å². The predicted molar refractivity (Wildman–Crippen MR) is 143 cm³/mol. The van der Waals surface area contributed by atoms with E-state index in [4.69, 9.17) is 11.6 Å². The summed E-state index contributed by atoms with van der Waals surface area (Å²) in [6.45, 7) is 6.70. The van der Waals surface area contributed by atoms with Crippen molar-refractivity contribution in [2.75, 3.05) is 18.4 Å². The molecule has 1 saturated heterocycles. The van der Waals surface area contributed by atoms with Gasteiger partial charge in [-0.1, -0.05) is 53.9 Å². The third-order valence-electron chi connectivity index (χ3n) is 6.59. The van der Waals surface area contributed by atoms with E-state index in [9.17, 15) is 9.90 Å². The molecule has 3 aromatic carbocycles. The average molecular weight is 487 g/mol. The molecular formula is C30H31ClN2O2. The van der Waals surface area contributed by atoms with Crippen LogP contribution in [-0.2, 0) is 11.3 Å². The van der Waals surface area contributed by atoms with Gasteiger partial charge in [-0.15, -0.1) is 0 Å². The van der Waals surface area contributed by atoms with Gasteiger partial charge < -0.3 is 10.4 Å². The highest BCUT2D eigenvalue weighted by molar-refractivity contribution is 6.30. The number of carbonyl (C=O) groups is 1. The number of amides is 1. The summed E-state index contributed by atoms with van der Waals surface area (Å²) in [6, 6.07) is 23.3. The van der Waals surface area contributed by atoms with Crippen LogP contribution in [0.1, 0.15) is 37.8 Å². The lowest BCUT2D eigenvalue weighted by Gasteiger charge is -2.37. The molecule has 0 aliphatic carbocycles. The molecule has 0 bridgehead atoms. The Hall–Kier alpha value is -3.10. The maximum atomic E-state index is 12.3. The quantitative estimate of drug-likeness (QED) is 0.436. The number of nitrogens with one attached hydrogen (secondary N) is 1. The van der Waals surface area contributed by atoms with E-state index in [1.165, 1.54) is 5.56 Å². The van der Waals surface area contributed by atoms with Crippen molar-refractivity contribution in [2.24, 2.45) is 5.92 Å². The minimum atomic E-state index is -0.598. The lowest BCUT2D eigenvalue weighted by atomic mass is 9.83. The summed E-state index contributed by atoms with van der Waals surface area (Å²) in [5.41, 5.74) is 4.25. The summed E-state index contributed by atoms with van der Waals surface area (Å²) in [5.74, 6) is 5.64. The van der Waals surface area contributed by atoms with Gasteiger partial charge in [-0.2, -0.15) is 0 Å². The van der Waals surface area contributed by atoms with E-state index in [1.807, 2.05) is 74.5 Å². The van der Waals surface area contributed by atoms with Gasteiger partial charge in [0, 0.05) is 28.7 Å². The molecule has 1 heterocycles. The first-order valence-electron chi connectivity index (χ1n) is 12.0. The fourth-order valence-corrected chi connectivity index (χ4v) is 4.55.